The van der Waals surface area contributed by atoms with Crippen LogP contribution in [0.2, 0.25) is 0 Å². The van der Waals surface area contributed by atoms with Crippen molar-refractivity contribution in [1.82, 2.24) is 9.80 Å². The van der Waals surface area contributed by atoms with Crippen molar-refractivity contribution in [3.05, 3.63) is 29.8 Å². The molecule has 3 heteroatoms. The van der Waals surface area contributed by atoms with E-state index < -0.39 is 0 Å². The van der Waals surface area contributed by atoms with E-state index in [1.807, 2.05) is 0 Å². The van der Waals surface area contributed by atoms with E-state index in [9.17, 15) is 0 Å². The lowest BCUT2D eigenvalue weighted by atomic mass is 10.1. The first-order chi connectivity index (χ1) is 11.8. The van der Waals surface area contributed by atoms with Crippen LogP contribution in [-0.4, -0.2) is 49.1 Å². The van der Waals surface area contributed by atoms with Crippen molar-refractivity contribution in [3.63, 3.8) is 0 Å². The van der Waals surface area contributed by atoms with Crippen molar-refractivity contribution < 1.29 is 4.74 Å². The quantitative estimate of drug-likeness (QED) is 0.552. The average Bonchev–Trinajstić information content (AvgIpc) is 2.64. The average molecular weight is 333 g/mol. The zero-order valence-corrected chi connectivity index (χ0v) is 15.8. The maximum Gasteiger partial charge on any atom is 0.119 e. The molecule has 0 bridgehead atoms. The Balaban J connectivity index is 1.65. The summed E-state index contributed by atoms with van der Waals surface area (Å²) in [5.74, 6) is 1.01. The molecule has 0 saturated carbocycles. The van der Waals surface area contributed by atoms with E-state index >= 15 is 0 Å². The molecule has 0 unspecified atom stereocenters. The Morgan fingerprint density at radius 3 is 2.42 bits per heavy atom. The Kier molecular flexibility index (Phi) is 9.22. The van der Waals surface area contributed by atoms with Crippen LogP contribution in [0.1, 0.15) is 57.9 Å². The van der Waals surface area contributed by atoms with Crippen LogP contribution >= 0.6 is 0 Å². The van der Waals surface area contributed by atoms with Gasteiger partial charge in [0, 0.05) is 13.1 Å². The lowest BCUT2D eigenvalue weighted by Crippen LogP contribution is -2.31. The smallest absolute Gasteiger partial charge is 0.119 e. The molecule has 0 atom stereocenters. The number of nitrogens with zero attached hydrogens (tertiary/aromatic N) is 2. The molecule has 0 radical (unpaired) electrons. The van der Waals surface area contributed by atoms with Gasteiger partial charge in [0.15, 0.2) is 0 Å². The van der Waals surface area contributed by atoms with Crippen molar-refractivity contribution in [2.75, 3.05) is 39.3 Å². The fourth-order valence-electron chi connectivity index (χ4n) is 3.34. The number of rotatable bonds is 11. The van der Waals surface area contributed by atoms with E-state index in [0.717, 1.165) is 31.9 Å². The number of benzene rings is 1. The Morgan fingerprint density at radius 2 is 1.75 bits per heavy atom. The number of ether oxygens (including phenoxy) is 1. The number of hydrogen-bond acceptors (Lipinski definition) is 3. The molecule has 1 saturated heterocycles. The van der Waals surface area contributed by atoms with Gasteiger partial charge in [0.2, 0.25) is 0 Å². The highest BCUT2D eigenvalue weighted by atomic mass is 16.5. The normalized spacial score (nSPS) is 15.8. The zero-order valence-electron chi connectivity index (χ0n) is 15.8. The van der Waals surface area contributed by atoms with E-state index in [1.165, 1.54) is 63.8 Å². The molecule has 1 heterocycles. The fraction of sp³-hybridized carbons (Fsp3) is 0.714. The number of likely N-dealkylation sites (tertiary alicyclic amines) is 1. The summed E-state index contributed by atoms with van der Waals surface area (Å²) < 4.78 is 5.91. The van der Waals surface area contributed by atoms with Gasteiger partial charge in [-0.2, -0.15) is 0 Å². The molecular formula is C21H36N2O. The van der Waals surface area contributed by atoms with Crippen LogP contribution in [0.3, 0.4) is 0 Å². The molecule has 1 aliphatic heterocycles. The zero-order chi connectivity index (χ0) is 17.0. The summed E-state index contributed by atoms with van der Waals surface area (Å²) in [6, 6.07) is 8.69. The third-order valence-corrected chi connectivity index (χ3v) is 4.94. The number of unbranched alkanes of at least 4 members (excludes halogenated alkanes) is 1. The van der Waals surface area contributed by atoms with Crippen LogP contribution in [0.25, 0.3) is 0 Å². The van der Waals surface area contributed by atoms with Crippen LogP contribution in [0.15, 0.2) is 24.3 Å². The second-order valence-electron chi connectivity index (χ2n) is 6.97. The molecule has 0 N–H and O–H groups in total. The summed E-state index contributed by atoms with van der Waals surface area (Å²) in [5, 5.41) is 0. The van der Waals surface area contributed by atoms with Crippen LogP contribution in [0.4, 0.5) is 0 Å². The Morgan fingerprint density at radius 1 is 1.00 bits per heavy atom. The molecule has 1 aromatic rings. The first-order valence-electron chi connectivity index (χ1n) is 9.98. The maximum absolute atomic E-state index is 5.91. The topological polar surface area (TPSA) is 15.7 Å². The summed E-state index contributed by atoms with van der Waals surface area (Å²) in [4.78, 5) is 5.09. The van der Waals surface area contributed by atoms with Crippen molar-refractivity contribution in [1.29, 1.82) is 0 Å². The van der Waals surface area contributed by atoms with Gasteiger partial charge in [-0.15, -0.1) is 0 Å². The highest BCUT2D eigenvalue weighted by Crippen LogP contribution is 2.15. The van der Waals surface area contributed by atoms with E-state index in [2.05, 4.69) is 47.9 Å². The van der Waals surface area contributed by atoms with Crippen molar-refractivity contribution in [2.45, 2.75) is 58.9 Å². The molecule has 0 amide bonds. The van der Waals surface area contributed by atoms with E-state index in [-0.39, 0.29) is 0 Å². The Bertz CT molecular complexity index is 426. The van der Waals surface area contributed by atoms with Gasteiger partial charge in [-0.1, -0.05) is 38.8 Å². The molecule has 2 rings (SSSR count). The summed E-state index contributed by atoms with van der Waals surface area (Å²) in [7, 11) is 0. The first kappa shape index (κ1) is 19.3. The van der Waals surface area contributed by atoms with Gasteiger partial charge in [0.05, 0.1) is 6.61 Å². The van der Waals surface area contributed by atoms with E-state index in [1.54, 1.807) is 0 Å². The van der Waals surface area contributed by atoms with Crippen molar-refractivity contribution in [2.24, 2.45) is 0 Å². The van der Waals surface area contributed by atoms with Gasteiger partial charge in [0.1, 0.15) is 5.75 Å². The lowest BCUT2D eigenvalue weighted by molar-refractivity contribution is 0.205. The largest absolute Gasteiger partial charge is 0.494 e. The van der Waals surface area contributed by atoms with Crippen LogP contribution in [0, 0.1) is 0 Å². The molecule has 1 aliphatic rings. The molecule has 1 fully saturated rings. The Labute approximate surface area is 149 Å². The number of hydrogen-bond donors (Lipinski definition) is 0. The molecular weight excluding hydrogens is 296 g/mol. The van der Waals surface area contributed by atoms with Gasteiger partial charge < -0.3 is 9.64 Å². The predicted octanol–water partition coefficient (Wildman–Crippen LogP) is 4.56. The molecule has 1 aromatic carbocycles. The standard InChI is InChI=1S/C21H36N2O/c1-3-5-14-22(4-2)19-20-10-12-21(13-11-20)24-18-9-17-23-15-7-6-8-16-23/h10-13H,3-9,14-19H2,1-2H3. The van der Waals surface area contributed by atoms with E-state index in [0.29, 0.717) is 0 Å². The minimum absolute atomic E-state index is 0.827. The maximum atomic E-state index is 5.91. The monoisotopic (exact) mass is 332 g/mol. The van der Waals surface area contributed by atoms with Gasteiger partial charge >= 0.3 is 0 Å². The SMILES string of the molecule is CCCCN(CC)Cc1ccc(OCCCN2CCCCC2)cc1. The van der Waals surface area contributed by atoms with Crippen molar-refractivity contribution >= 4 is 0 Å². The summed E-state index contributed by atoms with van der Waals surface area (Å²) in [5.41, 5.74) is 1.38. The van der Waals surface area contributed by atoms with Gasteiger partial charge in [-0.3, -0.25) is 4.90 Å². The fourth-order valence-corrected chi connectivity index (χ4v) is 3.34. The number of piperidine rings is 1. The molecule has 0 spiro atoms. The molecule has 136 valence electrons. The van der Waals surface area contributed by atoms with Gasteiger partial charge in [-0.25, -0.2) is 0 Å². The molecule has 0 aromatic heterocycles. The van der Waals surface area contributed by atoms with Gasteiger partial charge in [-0.05, 0) is 69.6 Å². The molecule has 3 nitrogen and oxygen atoms in total. The van der Waals surface area contributed by atoms with Crippen LogP contribution in [0.5, 0.6) is 5.75 Å². The third-order valence-electron chi connectivity index (χ3n) is 4.94. The van der Waals surface area contributed by atoms with Gasteiger partial charge in [0.25, 0.3) is 0 Å². The van der Waals surface area contributed by atoms with Crippen molar-refractivity contribution in [3.8, 4) is 5.75 Å². The Hall–Kier alpha value is -1.06. The second-order valence-corrected chi connectivity index (χ2v) is 6.97. The highest BCUT2D eigenvalue weighted by molar-refractivity contribution is 5.27. The second kappa shape index (κ2) is 11.5. The third kappa shape index (κ3) is 7.23. The van der Waals surface area contributed by atoms with Crippen LogP contribution in [-0.2, 0) is 6.54 Å². The predicted molar refractivity (Wildman–Crippen MR) is 103 cm³/mol. The minimum Gasteiger partial charge on any atom is -0.494 e. The first-order valence-corrected chi connectivity index (χ1v) is 9.98. The summed E-state index contributed by atoms with van der Waals surface area (Å²) in [6.07, 6.45) is 7.83. The van der Waals surface area contributed by atoms with Crippen LogP contribution < -0.4 is 4.74 Å². The molecule has 0 aliphatic carbocycles. The summed E-state index contributed by atoms with van der Waals surface area (Å²) >= 11 is 0. The minimum atomic E-state index is 0.827. The lowest BCUT2D eigenvalue weighted by Gasteiger charge is -2.26. The highest BCUT2D eigenvalue weighted by Gasteiger charge is 2.09. The van der Waals surface area contributed by atoms with E-state index in [4.69, 9.17) is 4.74 Å². The summed E-state index contributed by atoms with van der Waals surface area (Å²) in [6.45, 7) is 12.4. The molecule has 24 heavy (non-hydrogen) atoms.